The fourth-order valence-corrected chi connectivity index (χ4v) is 0.397. The highest BCUT2D eigenvalue weighted by atomic mass is 16.5. The first kappa shape index (κ1) is 8.44. The van der Waals surface area contributed by atoms with E-state index in [0.717, 1.165) is 13.2 Å². The Hall–Kier alpha value is -0.560. The Morgan fingerprint density at radius 3 is 1.78 bits per heavy atom. The molecule has 1 heteroatoms. The summed E-state index contributed by atoms with van der Waals surface area (Å²) in [4.78, 5) is 0. The van der Waals surface area contributed by atoms with E-state index in [0.29, 0.717) is 0 Å². The van der Waals surface area contributed by atoms with Crippen LogP contribution in [0.4, 0.5) is 0 Å². The van der Waals surface area contributed by atoms with Crippen LogP contribution in [-0.2, 0) is 4.74 Å². The molecule has 0 saturated carbocycles. The van der Waals surface area contributed by atoms with Crippen LogP contribution in [0.25, 0.3) is 0 Å². The van der Waals surface area contributed by atoms with Crippen molar-refractivity contribution in [3.05, 3.63) is 24.3 Å². The standard InChI is InChI=1S/C8H14O/c1-3-5-7-9-8-6-4-2/h3-6H,7-8H2,1-2H3/b5-3-,6-4-. The molecular formula is C8H14O. The molecule has 0 unspecified atom stereocenters. The number of ether oxygens (including phenoxy) is 1. The molecule has 0 amide bonds. The van der Waals surface area contributed by atoms with Crippen molar-refractivity contribution in [3.63, 3.8) is 0 Å². The summed E-state index contributed by atoms with van der Waals surface area (Å²) in [5.74, 6) is 0. The average Bonchev–Trinajstić information content (AvgIpc) is 1.89. The summed E-state index contributed by atoms with van der Waals surface area (Å²) in [6, 6.07) is 0. The summed E-state index contributed by atoms with van der Waals surface area (Å²) >= 11 is 0. The molecule has 1 nitrogen and oxygen atoms in total. The lowest BCUT2D eigenvalue weighted by atomic mass is 10.5. The molecule has 9 heavy (non-hydrogen) atoms. The normalized spacial score (nSPS) is 11.8. The van der Waals surface area contributed by atoms with Crippen molar-refractivity contribution in [2.24, 2.45) is 0 Å². The van der Waals surface area contributed by atoms with E-state index >= 15 is 0 Å². The van der Waals surface area contributed by atoms with Gasteiger partial charge in [-0.1, -0.05) is 24.3 Å². The molecule has 0 aliphatic heterocycles. The van der Waals surface area contributed by atoms with Gasteiger partial charge in [-0.2, -0.15) is 0 Å². The Labute approximate surface area is 57.0 Å². The molecule has 0 radical (unpaired) electrons. The lowest BCUT2D eigenvalue weighted by molar-refractivity contribution is 0.194. The van der Waals surface area contributed by atoms with Crippen molar-refractivity contribution in [3.8, 4) is 0 Å². The van der Waals surface area contributed by atoms with Gasteiger partial charge in [0.2, 0.25) is 0 Å². The van der Waals surface area contributed by atoms with Gasteiger partial charge >= 0.3 is 0 Å². The molecule has 0 aromatic rings. The third-order valence-electron chi connectivity index (χ3n) is 0.900. The maximum absolute atomic E-state index is 5.14. The van der Waals surface area contributed by atoms with Gasteiger partial charge in [0.1, 0.15) is 0 Å². The second-order valence-corrected chi connectivity index (χ2v) is 1.68. The maximum Gasteiger partial charge on any atom is 0.0651 e. The number of rotatable bonds is 4. The van der Waals surface area contributed by atoms with Gasteiger partial charge in [0.15, 0.2) is 0 Å². The monoisotopic (exact) mass is 126 g/mol. The quantitative estimate of drug-likeness (QED) is 0.414. The van der Waals surface area contributed by atoms with Crippen LogP contribution in [0.15, 0.2) is 24.3 Å². The van der Waals surface area contributed by atoms with Crippen molar-refractivity contribution in [2.75, 3.05) is 13.2 Å². The van der Waals surface area contributed by atoms with Crippen LogP contribution < -0.4 is 0 Å². The van der Waals surface area contributed by atoms with Crippen LogP contribution in [0.1, 0.15) is 13.8 Å². The third-order valence-corrected chi connectivity index (χ3v) is 0.900. The van der Waals surface area contributed by atoms with Crippen LogP contribution in [0.3, 0.4) is 0 Å². The molecule has 0 atom stereocenters. The van der Waals surface area contributed by atoms with Crippen molar-refractivity contribution in [1.29, 1.82) is 0 Å². The van der Waals surface area contributed by atoms with Crippen LogP contribution in [-0.4, -0.2) is 13.2 Å². The van der Waals surface area contributed by atoms with Gasteiger partial charge in [0.05, 0.1) is 13.2 Å². The summed E-state index contributed by atoms with van der Waals surface area (Å²) in [5, 5.41) is 0. The molecule has 0 rings (SSSR count). The Morgan fingerprint density at radius 1 is 1.00 bits per heavy atom. The Balaban J connectivity index is 2.91. The smallest absolute Gasteiger partial charge is 0.0651 e. The summed E-state index contributed by atoms with van der Waals surface area (Å²) in [6.45, 7) is 5.42. The first-order chi connectivity index (χ1) is 4.41. The van der Waals surface area contributed by atoms with E-state index < -0.39 is 0 Å². The first-order valence-corrected chi connectivity index (χ1v) is 3.22. The van der Waals surface area contributed by atoms with Gasteiger partial charge in [-0.3, -0.25) is 0 Å². The molecule has 0 aromatic carbocycles. The third kappa shape index (κ3) is 7.44. The second-order valence-electron chi connectivity index (χ2n) is 1.68. The first-order valence-electron chi connectivity index (χ1n) is 3.22. The summed E-state index contributed by atoms with van der Waals surface area (Å²) < 4.78 is 5.14. The minimum Gasteiger partial charge on any atom is -0.373 e. The Morgan fingerprint density at radius 2 is 1.44 bits per heavy atom. The molecule has 0 aliphatic rings. The Kier molecular flexibility index (Phi) is 6.98. The molecule has 0 saturated heterocycles. The molecule has 0 spiro atoms. The molecule has 52 valence electrons. The van der Waals surface area contributed by atoms with Crippen LogP contribution in [0.5, 0.6) is 0 Å². The van der Waals surface area contributed by atoms with E-state index in [1.807, 2.05) is 38.2 Å². The fourth-order valence-electron chi connectivity index (χ4n) is 0.397. The van der Waals surface area contributed by atoms with Crippen molar-refractivity contribution < 1.29 is 4.74 Å². The fraction of sp³-hybridized carbons (Fsp3) is 0.500. The molecule has 0 fully saturated rings. The van der Waals surface area contributed by atoms with Crippen LogP contribution in [0, 0.1) is 0 Å². The van der Waals surface area contributed by atoms with E-state index in [1.165, 1.54) is 0 Å². The molecule has 0 aromatic heterocycles. The molecule has 0 aliphatic carbocycles. The molecule has 0 bridgehead atoms. The number of allylic oxidation sites excluding steroid dienone is 2. The van der Waals surface area contributed by atoms with Gasteiger partial charge in [0, 0.05) is 0 Å². The van der Waals surface area contributed by atoms with Gasteiger partial charge in [-0.15, -0.1) is 0 Å². The Bertz CT molecular complexity index is 80.7. The largest absolute Gasteiger partial charge is 0.373 e. The van der Waals surface area contributed by atoms with Crippen molar-refractivity contribution in [1.82, 2.24) is 0 Å². The van der Waals surface area contributed by atoms with E-state index in [1.54, 1.807) is 0 Å². The average molecular weight is 126 g/mol. The summed E-state index contributed by atoms with van der Waals surface area (Å²) in [5.41, 5.74) is 0. The zero-order chi connectivity index (χ0) is 6.95. The lowest BCUT2D eigenvalue weighted by Crippen LogP contribution is -1.89. The van der Waals surface area contributed by atoms with Crippen molar-refractivity contribution in [2.45, 2.75) is 13.8 Å². The van der Waals surface area contributed by atoms with E-state index in [4.69, 9.17) is 4.74 Å². The van der Waals surface area contributed by atoms with E-state index in [2.05, 4.69) is 0 Å². The highest BCUT2D eigenvalue weighted by Crippen LogP contribution is 1.78. The lowest BCUT2D eigenvalue weighted by Gasteiger charge is -1.91. The van der Waals surface area contributed by atoms with Gasteiger partial charge in [0.25, 0.3) is 0 Å². The summed E-state index contributed by atoms with van der Waals surface area (Å²) in [6.07, 6.45) is 7.94. The van der Waals surface area contributed by atoms with E-state index in [-0.39, 0.29) is 0 Å². The van der Waals surface area contributed by atoms with Gasteiger partial charge in [-0.25, -0.2) is 0 Å². The molecule has 0 heterocycles. The van der Waals surface area contributed by atoms with Crippen LogP contribution >= 0.6 is 0 Å². The molecular weight excluding hydrogens is 112 g/mol. The maximum atomic E-state index is 5.14. The van der Waals surface area contributed by atoms with Crippen molar-refractivity contribution >= 4 is 0 Å². The molecule has 0 N–H and O–H groups in total. The highest BCUT2D eigenvalue weighted by Gasteiger charge is 1.74. The number of hydrogen-bond donors (Lipinski definition) is 0. The van der Waals surface area contributed by atoms with E-state index in [9.17, 15) is 0 Å². The number of hydrogen-bond acceptors (Lipinski definition) is 1. The minimum absolute atomic E-state index is 0.723. The van der Waals surface area contributed by atoms with Gasteiger partial charge in [-0.05, 0) is 13.8 Å². The minimum atomic E-state index is 0.723. The predicted octanol–water partition coefficient (Wildman–Crippen LogP) is 2.16. The second kappa shape index (κ2) is 7.44. The predicted molar refractivity (Wildman–Crippen MR) is 40.4 cm³/mol. The zero-order valence-corrected chi connectivity index (χ0v) is 6.13. The van der Waals surface area contributed by atoms with Gasteiger partial charge < -0.3 is 4.74 Å². The summed E-state index contributed by atoms with van der Waals surface area (Å²) in [7, 11) is 0. The van der Waals surface area contributed by atoms with Crippen LogP contribution in [0.2, 0.25) is 0 Å². The highest BCUT2D eigenvalue weighted by molar-refractivity contribution is 4.79. The topological polar surface area (TPSA) is 9.23 Å². The SMILES string of the molecule is C/C=C\COC/C=C\C. The zero-order valence-electron chi connectivity index (χ0n) is 6.13.